The van der Waals surface area contributed by atoms with Crippen molar-refractivity contribution in [2.75, 3.05) is 0 Å². The average Bonchev–Trinajstić information content (AvgIpc) is 2.50. The van der Waals surface area contributed by atoms with Crippen LogP contribution in [-0.4, -0.2) is 60.8 Å². The van der Waals surface area contributed by atoms with Gasteiger partial charge >= 0.3 is 48.9 Å². The van der Waals surface area contributed by atoms with Gasteiger partial charge in [0.1, 0.15) is 0 Å². The maximum Gasteiger partial charge on any atom is 2.00 e. The van der Waals surface area contributed by atoms with Crippen molar-refractivity contribution in [1.29, 1.82) is 0 Å². The first-order valence-electron chi connectivity index (χ1n) is 9.44. The van der Waals surface area contributed by atoms with Crippen molar-refractivity contribution in [3.63, 3.8) is 0 Å². The summed E-state index contributed by atoms with van der Waals surface area (Å²) in [5, 5.41) is 20.8. The fourth-order valence-corrected chi connectivity index (χ4v) is 2.78. The first-order chi connectivity index (χ1) is 11.0. The summed E-state index contributed by atoms with van der Waals surface area (Å²) in [6, 6.07) is 0. The Bertz CT molecular complexity index is 308. The minimum atomic E-state index is -0.932. The number of carboxylic acids is 2. The maximum absolute atomic E-state index is 10.6. The molecule has 1 unspecified atom stereocenters. The number of carbonyl (C=O) groups is 2. The van der Waals surface area contributed by atoms with E-state index in [0.29, 0.717) is 0 Å². The van der Waals surface area contributed by atoms with E-state index in [4.69, 9.17) is 0 Å². The fourth-order valence-electron chi connectivity index (χ4n) is 2.78. The number of rotatable bonds is 17. The van der Waals surface area contributed by atoms with Crippen molar-refractivity contribution in [3.05, 3.63) is 0 Å². The molecule has 0 amide bonds. The van der Waals surface area contributed by atoms with Gasteiger partial charge in [-0.1, -0.05) is 84.0 Å². The molecule has 1 atom stereocenters. The summed E-state index contributed by atoms with van der Waals surface area (Å²) in [4.78, 5) is 20.8. The van der Waals surface area contributed by atoms with Crippen LogP contribution in [0.2, 0.25) is 0 Å². The predicted octanol–water partition coefficient (Wildman–Crippen LogP) is 2.59. The molecule has 0 saturated heterocycles. The Morgan fingerprint density at radius 1 is 0.667 bits per heavy atom. The van der Waals surface area contributed by atoms with Crippen LogP contribution in [0.5, 0.6) is 0 Å². The molecule has 24 heavy (non-hydrogen) atoms. The second-order valence-electron chi connectivity index (χ2n) is 6.73. The smallest absolute Gasteiger partial charge is 0.550 e. The van der Waals surface area contributed by atoms with E-state index in [1.54, 1.807) is 6.92 Å². The molecule has 0 spiro atoms. The van der Waals surface area contributed by atoms with Gasteiger partial charge < -0.3 is 19.8 Å². The summed E-state index contributed by atoms with van der Waals surface area (Å²) in [5.41, 5.74) is 0. The van der Waals surface area contributed by atoms with Gasteiger partial charge in [-0.25, -0.2) is 0 Å². The van der Waals surface area contributed by atoms with E-state index in [1.807, 2.05) is 0 Å². The number of unbranched alkanes of at least 4 members (excludes halogenated alkanes) is 12. The van der Waals surface area contributed by atoms with E-state index in [0.717, 1.165) is 38.5 Å². The quantitative estimate of drug-likeness (QED) is 0.245. The van der Waals surface area contributed by atoms with Crippen LogP contribution in [0.1, 0.15) is 103 Å². The molecule has 136 valence electrons. The maximum atomic E-state index is 10.6. The standard InChI is InChI=1S/C19H36O4.Ba/c1-17(19(22)23)15-13-11-9-7-5-3-2-4-6-8-10-12-14-16-18(20)21;/h17H,2-16H2,1H3,(H,20,21)(H,22,23);/q;+2/p-2. The molecule has 4 nitrogen and oxygen atoms in total. The summed E-state index contributed by atoms with van der Waals surface area (Å²) in [6.07, 6.45) is 16.0. The SMILES string of the molecule is CC(CCCCCCCCCCCCCCCC(=O)[O-])C(=O)[O-].[Ba+2]. The Hall–Kier alpha value is 0.511. The summed E-state index contributed by atoms with van der Waals surface area (Å²) in [5.74, 6) is -2.17. The molecule has 0 aromatic carbocycles. The molecule has 0 radical (unpaired) electrons. The first-order valence-corrected chi connectivity index (χ1v) is 9.44. The van der Waals surface area contributed by atoms with E-state index in [2.05, 4.69) is 0 Å². The van der Waals surface area contributed by atoms with Gasteiger partial charge in [-0.05, 0) is 25.2 Å². The Labute approximate surface area is 188 Å². The zero-order valence-electron chi connectivity index (χ0n) is 15.5. The summed E-state index contributed by atoms with van der Waals surface area (Å²) in [6.45, 7) is 1.72. The van der Waals surface area contributed by atoms with Crippen molar-refractivity contribution >= 4 is 60.8 Å². The molecule has 0 heterocycles. The van der Waals surface area contributed by atoms with Crippen molar-refractivity contribution in [2.24, 2.45) is 5.92 Å². The molecule has 0 aliphatic carbocycles. The van der Waals surface area contributed by atoms with Crippen molar-refractivity contribution < 1.29 is 19.8 Å². The molecule has 0 aromatic rings. The van der Waals surface area contributed by atoms with Crippen molar-refractivity contribution in [3.8, 4) is 0 Å². The average molecular weight is 464 g/mol. The molecule has 0 N–H and O–H groups in total. The summed E-state index contributed by atoms with van der Waals surface area (Å²) >= 11 is 0. The zero-order chi connectivity index (χ0) is 17.3. The van der Waals surface area contributed by atoms with Crippen molar-refractivity contribution in [2.45, 2.75) is 103 Å². The Balaban J connectivity index is 0. The number of carbonyl (C=O) groups excluding carboxylic acids is 2. The fraction of sp³-hybridized carbons (Fsp3) is 0.895. The van der Waals surface area contributed by atoms with Crippen LogP contribution in [0.4, 0.5) is 0 Å². The minimum Gasteiger partial charge on any atom is -0.550 e. The monoisotopic (exact) mass is 464 g/mol. The van der Waals surface area contributed by atoms with Crippen LogP contribution in [0.3, 0.4) is 0 Å². The van der Waals surface area contributed by atoms with Crippen LogP contribution >= 0.6 is 0 Å². The molecule has 0 rings (SSSR count). The van der Waals surface area contributed by atoms with Gasteiger partial charge in [-0.15, -0.1) is 0 Å². The van der Waals surface area contributed by atoms with Crippen LogP contribution in [-0.2, 0) is 9.59 Å². The molecule has 0 aliphatic rings. The predicted molar refractivity (Wildman–Crippen MR) is 94.2 cm³/mol. The topological polar surface area (TPSA) is 80.3 Å². The van der Waals surface area contributed by atoms with Gasteiger partial charge in [0.15, 0.2) is 0 Å². The van der Waals surface area contributed by atoms with Gasteiger partial charge in [0.25, 0.3) is 0 Å². The normalized spacial score (nSPS) is 11.7. The number of aliphatic carboxylic acids is 2. The Kier molecular flexibility index (Phi) is 22.1. The third-order valence-electron chi connectivity index (χ3n) is 4.42. The second-order valence-corrected chi connectivity index (χ2v) is 6.73. The molecular weight excluding hydrogens is 430 g/mol. The number of hydrogen-bond acceptors (Lipinski definition) is 4. The van der Waals surface area contributed by atoms with Crippen LogP contribution < -0.4 is 10.2 Å². The summed E-state index contributed by atoms with van der Waals surface area (Å²) < 4.78 is 0. The Morgan fingerprint density at radius 2 is 1.00 bits per heavy atom. The molecular formula is C19H34BaO4. The van der Waals surface area contributed by atoms with Gasteiger partial charge in [-0.3, -0.25) is 0 Å². The van der Waals surface area contributed by atoms with E-state index in [1.165, 1.54) is 51.4 Å². The van der Waals surface area contributed by atoms with Gasteiger partial charge in [0.05, 0.1) is 0 Å². The first kappa shape index (κ1) is 26.7. The Morgan fingerprint density at radius 3 is 1.33 bits per heavy atom. The van der Waals surface area contributed by atoms with Crippen molar-refractivity contribution in [1.82, 2.24) is 0 Å². The van der Waals surface area contributed by atoms with E-state index < -0.39 is 11.9 Å². The third kappa shape index (κ3) is 20.6. The number of hydrogen-bond donors (Lipinski definition) is 0. The van der Waals surface area contributed by atoms with E-state index >= 15 is 0 Å². The van der Waals surface area contributed by atoms with E-state index in [-0.39, 0.29) is 61.2 Å². The largest absolute Gasteiger partial charge is 2.00 e. The zero-order valence-corrected chi connectivity index (χ0v) is 20.0. The molecule has 0 fully saturated rings. The van der Waals surface area contributed by atoms with Gasteiger partial charge in [-0.2, -0.15) is 0 Å². The summed E-state index contributed by atoms with van der Waals surface area (Å²) in [7, 11) is 0. The second kappa shape index (κ2) is 19.8. The van der Waals surface area contributed by atoms with Gasteiger partial charge in [0, 0.05) is 11.9 Å². The molecule has 0 bridgehead atoms. The third-order valence-corrected chi connectivity index (χ3v) is 4.42. The van der Waals surface area contributed by atoms with E-state index in [9.17, 15) is 19.8 Å². The minimum absolute atomic E-state index is 0. The number of carboxylic acid groups (broad SMARTS) is 2. The van der Waals surface area contributed by atoms with Crippen LogP contribution in [0.25, 0.3) is 0 Å². The van der Waals surface area contributed by atoms with Crippen LogP contribution in [0, 0.1) is 5.92 Å². The van der Waals surface area contributed by atoms with Gasteiger partial charge in [0.2, 0.25) is 0 Å². The molecule has 0 aliphatic heterocycles. The van der Waals surface area contributed by atoms with Crippen LogP contribution in [0.15, 0.2) is 0 Å². The molecule has 5 heteroatoms. The molecule has 0 saturated carbocycles. The molecule has 0 aromatic heterocycles.